The summed E-state index contributed by atoms with van der Waals surface area (Å²) in [6.45, 7) is 3.64. The molecule has 0 amide bonds. The first kappa shape index (κ1) is 13.0. The van der Waals surface area contributed by atoms with Crippen molar-refractivity contribution in [3.63, 3.8) is 0 Å². The zero-order chi connectivity index (χ0) is 12.2. The van der Waals surface area contributed by atoms with Crippen molar-refractivity contribution in [2.45, 2.75) is 32.3 Å². The predicted octanol–water partition coefficient (Wildman–Crippen LogP) is 3.49. The van der Waals surface area contributed by atoms with Gasteiger partial charge >= 0.3 is 0 Å². The monoisotopic (exact) mass is 237 g/mol. The number of nitrogens with zero attached hydrogens (tertiary/aromatic N) is 1. The van der Waals surface area contributed by atoms with Crippen molar-refractivity contribution in [3.8, 4) is 6.07 Å². The number of rotatable bonds is 4. The summed E-state index contributed by atoms with van der Waals surface area (Å²) in [5.74, 6) is -0.433. The highest BCUT2D eigenvalue weighted by Gasteiger charge is 2.34. The Bertz CT molecular complexity index is 395. The minimum absolute atomic E-state index is 0.433. The molecule has 0 saturated carbocycles. The van der Waals surface area contributed by atoms with Gasteiger partial charge in [-0.25, -0.2) is 0 Å². The maximum Gasteiger partial charge on any atom is 0.104 e. The first-order valence-electron chi connectivity index (χ1n) is 5.41. The molecule has 86 valence electrons. The van der Waals surface area contributed by atoms with Crippen LogP contribution in [0.1, 0.15) is 32.3 Å². The van der Waals surface area contributed by atoms with E-state index in [0.717, 1.165) is 6.42 Å². The first-order valence-corrected chi connectivity index (χ1v) is 5.78. The molecule has 0 aliphatic carbocycles. The SMILES string of the molecule is CCCC(C#N)C(C)(O)c1ccccc1Cl. The van der Waals surface area contributed by atoms with Crippen LogP contribution in [0.15, 0.2) is 24.3 Å². The fourth-order valence-electron chi connectivity index (χ4n) is 1.82. The Balaban J connectivity index is 3.10. The Morgan fingerprint density at radius 3 is 2.62 bits per heavy atom. The van der Waals surface area contributed by atoms with Gasteiger partial charge in [-0.3, -0.25) is 0 Å². The molecule has 3 heteroatoms. The predicted molar refractivity (Wildman–Crippen MR) is 65.0 cm³/mol. The van der Waals surface area contributed by atoms with Crippen molar-refractivity contribution >= 4 is 11.6 Å². The van der Waals surface area contributed by atoms with Crippen molar-refractivity contribution in [2.24, 2.45) is 5.92 Å². The van der Waals surface area contributed by atoms with Crippen LogP contribution in [0.4, 0.5) is 0 Å². The minimum Gasteiger partial charge on any atom is -0.384 e. The van der Waals surface area contributed by atoms with Crippen LogP contribution >= 0.6 is 11.6 Å². The van der Waals surface area contributed by atoms with Crippen LogP contribution in [-0.4, -0.2) is 5.11 Å². The third kappa shape index (κ3) is 2.55. The topological polar surface area (TPSA) is 44.0 Å². The molecule has 0 radical (unpaired) electrons. The van der Waals surface area contributed by atoms with E-state index in [1.807, 2.05) is 19.1 Å². The molecule has 0 aromatic heterocycles. The fourth-order valence-corrected chi connectivity index (χ4v) is 2.15. The van der Waals surface area contributed by atoms with Gasteiger partial charge in [-0.15, -0.1) is 0 Å². The van der Waals surface area contributed by atoms with Gasteiger partial charge in [0.2, 0.25) is 0 Å². The fraction of sp³-hybridized carbons (Fsp3) is 0.462. The Labute approximate surface area is 101 Å². The number of hydrogen-bond donors (Lipinski definition) is 1. The molecule has 0 saturated heterocycles. The summed E-state index contributed by atoms with van der Waals surface area (Å²) >= 11 is 6.04. The molecule has 1 rings (SSSR count). The van der Waals surface area contributed by atoms with E-state index in [-0.39, 0.29) is 0 Å². The van der Waals surface area contributed by atoms with E-state index < -0.39 is 11.5 Å². The van der Waals surface area contributed by atoms with Crippen LogP contribution < -0.4 is 0 Å². The van der Waals surface area contributed by atoms with Crippen LogP contribution in [0.25, 0.3) is 0 Å². The van der Waals surface area contributed by atoms with E-state index in [1.165, 1.54) is 0 Å². The second kappa shape index (κ2) is 5.34. The van der Waals surface area contributed by atoms with Crippen molar-refractivity contribution in [1.29, 1.82) is 5.26 Å². The van der Waals surface area contributed by atoms with E-state index in [2.05, 4.69) is 6.07 Å². The standard InChI is InChI=1S/C13H16ClNO/c1-3-6-10(9-15)13(2,16)11-7-4-5-8-12(11)14/h4-5,7-8,10,16H,3,6H2,1-2H3. The maximum absolute atomic E-state index is 10.5. The van der Waals surface area contributed by atoms with Gasteiger partial charge in [0.15, 0.2) is 0 Å². The Morgan fingerprint density at radius 1 is 1.50 bits per heavy atom. The summed E-state index contributed by atoms with van der Waals surface area (Å²) in [5, 5.41) is 20.0. The Kier molecular flexibility index (Phi) is 4.35. The number of hydrogen-bond acceptors (Lipinski definition) is 2. The second-order valence-electron chi connectivity index (χ2n) is 4.10. The van der Waals surface area contributed by atoms with Crippen molar-refractivity contribution in [1.82, 2.24) is 0 Å². The summed E-state index contributed by atoms with van der Waals surface area (Å²) in [6.07, 6.45) is 1.52. The third-order valence-corrected chi connectivity index (χ3v) is 3.16. The Morgan fingerprint density at radius 2 is 2.12 bits per heavy atom. The maximum atomic E-state index is 10.5. The summed E-state index contributed by atoms with van der Waals surface area (Å²) in [6, 6.07) is 9.28. The lowest BCUT2D eigenvalue weighted by molar-refractivity contribution is 0.0132. The lowest BCUT2D eigenvalue weighted by atomic mass is 9.81. The minimum atomic E-state index is -1.19. The number of benzene rings is 1. The number of halogens is 1. The number of aliphatic hydroxyl groups is 1. The molecule has 0 aliphatic heterocycles. The van der Waals surface area contributed by atoms with Crippen molar-refractivity contribution in [2.75, 3.05) is 0 Å². The van der Waals surface area contributed by atoms with Crippen molar-refractivity contribution < 1.29 is 5.11 Å². The normalized spacial score (nSPS) is 16.2. The van der Waals surface area contributed by atoms with Gasteiger partial charge in [0.05, 0.1) is 12.0 Å². The van der Waals surface area contributed by atoms with E-state index >= 15 is 0 Å². The van der Waals surface area contributed by atoms with Gasteiger partial charge in [0.25, 0.3) is 0 Å². The zero-order valence-corrected chi connectivity index (χ0v) is 10.3. The molecule has 1 aromatic carbocycles. The molecule has 16 heavy (non-hydrogen) atoms. The van der Waals surface area contributed by atoms with E-state index in [9.17, 15) is 5.11 Å². The first-order chi connectivity index (χ1) is 7.54. The smallest absolute Gasteiger partial charge is 0.104 e. The number of nitriles is 1. The molecule has 0 bridgehead atoms. The third-order valence-electron chi connectivity index (χ3n) is 2.83. The van der Waals surface area contributed by atoms with E-state index in [4.69, 9.17) is 16.9 Å². The van der Waals surface area contributed by atoms with Crippen LogP contribution in [0, 0.1) is 17.2 Å². The summed E-state index contributed by atoms with van der Waals surface area (Å²) in [4.78, 5) is 0. The average molecular weight is 238 g/mol. The molecule has 0 heterocycles. The molecule has 0 aliphatic rings. The van der Waals surface area contributed by atoms with Gasteiger partial charge in [0, 0.05) is 10.6 Å². The van der Waals surface area contributed by atoms with Crippen LogP contribution in [0.3, 0.4) is 0 Å². The average Bonchev–Trinajstić information content (AvgIpc) is 2.26. The van der Waals surface area contributed by atoms with Gasteiger partial charge in [-0.05, 0) is 19.4 Å². The largest absolute Gasteiger partial charge is 0.384 e. The molecule has 1 N–H and O–H groups in total. The van der Waals surface area contributed by atoms with Gasteiger partial charge < -0.3 is 5.11 Å². The lowest BCUT2D eigenvalue weighted by Gasteiger charge is -2.29. The highest BCUT2D eigenvalue weighted by molar-refractivity contribution is 6.31. The van der Waals surface area contributed by atoms with E-state index in [0.29, 0.717) is 17.0 Å². The highest BCUT2D eigenvalue weighted by Crippen LogP contribution is 2.35. The highest BCUT2D eigenvalue weighted by atomic mass is 35.5. The quantitative estimate of drug-likeness (QED) is 0.871. The summed E-state index contributed by atoms with van der Waals surface area (Å²) in [5.41, 5.74) is -0.569. The molecule has 0 fully saturated rings. The second-order valence-corrected chi connectivity index (χ2v) is 4.50. The summed E-state index contributed by atoms with van der Waals surface area (Å²) < 4.78 is 0. The molecule has 2 nitrogen and oxygen atoms in total. The van der Waals surface area contributed by atoms with Crippen molar-refractivity contribution in [3.05, 3.63) is 34.9 Å². The van der Waals surface area contributed by atoms with Gasteiger partial charge in [-0.2, -0.15) is 5.26 Å². The molecule has 0 spiro atoms. The molecule has 1 aromatic rings. The van der Waals surface area contributed by atoms with Crippen LogP contribution in [0.5, 0.6) is 0 Å². The van der Waals surface area contributed by atoms with Crippen LogP contribution in [0.2, 0.25) is 5.02 Å². The molecular weight excluding hydrogens is 222 g/mol. The zero-order valence-electron chi connectivity index (χ0n) is 9.57. The Hall–Kier alpha value is -1.04. The van der Waals surface area contributed by atoms with Gasteiger partial charge in [-0.1, -0.05) is 43.1 Å². The lowest BCUT2D eigenvalue weighted by Crippen LogP contribution is -2.31. The summed E-state index contributed by atoms with van der Waals surface area (Å²) in [7, 11) is 0. The molecule has 2 atom stereocenters. The molecule has 2 unspecified atom stereocenters. The van der Waals surface area contributed by atoms with E-state index in [1.54, 1.807) is 19.1 Å². The molecular formula is C13H16ClNO. The van der Waals surface area contributed by atoms with Gasteiger partial charge in [0.1, 0.15) is 5.60 Å². The van der Waals surface area contributed by atoms with Crippen LogP contribution in [-0.2, 0) is 5.60 Å².